The van der Waals surface area contributed by atoms with E-state index < -0.39 is 6.04 Å². The van der Waals surface area contributed by atoms with Crippen LogP contribution in [0.4, 0.5) is 5.69 Å². The van der Waals surface area contributed by atoms with Crippen molar-refractivity contribution in [1.29, 1.82) is 0 Å². The maximum Gasteiger partial charge on any atom is 0.295 e. The second-order valence-electron chi connectivity index (χ2n) is 8.15. The van der Waals surface area contributed by atoms with Gasteiger partial charge in [0.15, 0.2) is 5.43 Å². The summed E-state index contributed by atoms with van der Waals surface area (Å²) in [6, 6.07) is 19.3. The first-order chi connectivity index (χ1) is 16.0. The van der Waals surface area contributed by atoms with Gasteiger partial charge in [0.05, 0.1) is 23.6 Å². The Kier molecular flexibility index (Phi) is 5.43. The van der Waals surface area contributed by atoms with Gasteiger partial charge in [-0.2, -0.15) is 0 Å². The van der Waals surface area contributed by atoms with E-state index in [1.54, 1.807) is 41.3 Å². The maximum atomic E-state index is 13.7. The summed E-state index contributed by atoms with van der Waals surface area (Å²) in [5.41, 5.74) is 2.79. The fraction of sp³-hybridized carbons (Fsp3) is 0.185. The van der Waals surface area contributed by atoms with Crippen molar-refractivity contribution in [3.05, 3.63) is 104 Å². The van der Waals surface area contributed by atoms with Crippen molar-refractivity contribution in [2.45, 2.75) is 26.3 Å². The lowest BCUT2D eigenvalue weighted by Crippen LogP contribution is -2.29. The number of nitrogens with zero attached hydrogens (tertiary/aromatic N) is 1. The summed E-state index contributed by atoms with van der Waals surface area (Å²) in [7, 11) is 0. The fourth-order valence-corrected chi connectivity index (χ4v) is 4.47. The lowest BCUT2D eigenvalue weighted by molar-refractivity contribution is 0.0971. The van der Waals surface area contributed by atoms with Gasteiger partial charge in [0, 0.05) is 10.7 Å². The van der Waals surface area contributed by atoms with E-state index in [1.807, 2.05) is 44.2 Å². The van der Waals surface area contributed by atoms with Crippen molar-refractivity contribution < 1.29 is 13.9 Å². The van der Waals surface area contributed by atoms with Gasteiger partial charge in [0.1, 0.15) is 11.3 Å². The summed E-state index contributed by atoms with van der Waals surface area (Å²) in [6.07, 6.45) is 0.874. The van der Waals surface area contributed by atoms with E-state index in [-0.39, 0.29) is 17.1 Å². The molecule has 0 radical (unpaired) electrons. The SMILES string of the molecule is CCCOc1cccc(C2c3c(oc4ccc(C)cc4c3=O)C(=O)N2c2cccc(Cl)c2)c1. The first-order valence-corrected chi connectivity index (χ1v) is 11.2. The highest BCUT2D eigenvalue weighted by Gasteiger charge is 2.43. The quantitative estimate of drug-likeness (QED) is 0.351. The van der Waals surface area contributed by atoms with Crippen LogP contribution in [0.2, 0.25) is 5.02 Å². The van der Waals surface area contributed by atoms with Crippen molar-refractivity contribution in [2.75, 3.05) is 11.5 Å². The number of benzene rings is 3. The summed E-state index contributed by atoms with van der Waals surface area (Å²) in [5.74, 6) is 0.361. The van der Waals surface area contributed by atoms with Crippen molar-refractivity contribution in [3.63, 3.8) is 0 Å². The van der Waals surface area contributed by atoms with Crippen LogP contribution in [0, 0.1) is 6.92 Å². The summed E-state index contributed by atoms with van der Waals surface area (Å²) in [4.78, 5) is 28.9. The minimum atomic E-state index is -0.669. The smallest absolute Gasteiger partial charge is 0.295 e. The molecule has 0 bridgehead atoms. The molecule has 0 N–H and O–H groups in total. The molecule has 0 saturated carbocycles. The van der Waals surface area contributed by atoms with Gasteiger partial charge < -0.3 is 9.15 Å². The number of hydrogen-bond donors (Lipinski definition) is 0. The average Bonchev–Trinajstić information content (AvgIpc) is 3.11. The molecular weight excluding hydrogens is 438 g/mol. The Morgan fingerprint density at radius 2 is 1.85 bits per heavy atom. The van der Waals surface area contributed by atoms with Crippen LogP contribution < -0.4 is 15.1 Å². The van der Waals surface area contributed by atoms with Gasteiger partial charge in [-0.15, -0.1) is 0 Å². The van der Waals surface area contributed by atoms with E-state index in [2.05, 4.69) is 0 Å². The van der Waals surface area contributed by atoms with Crippen LogP contribution in [0.5, 0.6) is 5.75 Å². The van der Waals surface area contributed by atoms with E-state index in [9.17, 15) is 9.59 Å². The molecule has 1 unspecified atom stereocenters. The van der Waals surface area contributed by atoms with Gasteiger partial charge >= 0.3 is 0 Å². The van der Waals surface area contributed by atoms with Crippen LogP contribution in [0.3, 0.4) is 0 Å². The maximum absolute atomic E-state index is 13.7. The molecule has 0 spiro atoms. The zero-order chi connectivity index (χ0) is 23.1. The average molecular weight is 460 g/mol. The Bertz CT molecular complexity index is 1440. The number of carbonyl (C=O) groups excluding carboxylic acids is 1. The number of fused-ring (bicyclic) bond motifs is 2. The first-order valence-electron chi connectivity index (χ1n) is 10.9. The van der Waals surface area contributed by atoms with Gasteiger partial charge in [-0.25, -0.2) is 0 Å². The summed E-state index contributed by atoms with van der Waals surface area (Å²) >= 11 is 6.25. The molecule has 3 aromatic carbocycles. The van der Waals surface area contributed by atoms with Crippen LogP contribution in [-0.4, -0.2) is 12.5 Å². The predicted octanol–water partition coefficient (Wildman–Crippen LogP) is 6.29. The minimum absolute atomic E-state index is 0.0567. The van der Waals surface area contributed by atoms with E-state index in [1.165, 1.54) is 0 Å². The zero-order valence-electron chi connectivity index (χ0n) is 18.3. The van der Waals surface area contributed by atoms with Gasteiger partial charge in [0.25, 0.3) is 5.91 Å². The van der Waals surface area contributed by atoms with E-state index in [0.717, 1.165) is 17.5 Å². The molecule has 4 aromatic rings. The topological polar surface area (TPSA) is 59.8 Å². The molecule has 0 saturated heterocycles. The molecule has 0 fully saturated rings. The number of halogens is 1. The van der Waals surface area contributed by atoms with Gasteiger partial charge in [0.2, 0.25) is 5.76 Å². The highest BCUT2D eigenvalue weighted by molar-refractivity contribution is 6.31. The van der Waals surface area contributed by atoms with Crippen molar-refractivity contribution in [2.24, 2.45) is 0 Å². The molecular formula is C27H22ClNO4. The second-order valence-corrected chi connectivity index (χ2v) is 8.59. The zero-order valence-corrected chi connectivity index (χ0v) is 19.1. The molecule has 2 heterocycles. The van der Waals surface area contributed by atoms with Gasteiger partial charge in [-0.05, 0) is 61.4 Å². The van der Waals surface area contributed by atoms with Crippen LogP contribution in [-0.2, 0) is 0 Å². The molecule has 1 atom stereocenters. The number of anilines is 1. The Labute approximate surface area is 196 Å². The molecule has 1 amide bonds. The Morgan fingerprint density at radius 1 is 1.03 bits per heavy atom. The fourth-order valence-electron chi connectivity index (χ4n) is 4.29. The number of aryl methyl sites for hydroxylation is 1. The number of hydrogen-bond acceptors (Lipinski definition) is 4. The van der Waals surface area contributed by atoms with Crippen molar-refractivity contribution in [3.8, 4) is 5.75 Å². The molecule has 33 heavy (non-hydrogen) atoms. The second kappa shape index (κ2) is 8.41. The Morgan fingerprint density at radius 3 is 2.64 bits per heavy atom. The Balaban J connectivity index is 1.77. The largest absolute Gasteiger partial charge is 0.494 e. The number of carbonyl (C=O) groups is 1. The van der Waals surface area contributed by atoms with Crippen LogP contribution >= 0.6 is 11.6 Å². The highest BCUT2D eigenvalue weighted by atomic mass is 35.5. The van der Waals surface area contributed by atoms with Gasteiger partial charge in [-0.1, -0.05) is 48.4 Å². The Hall–Kier alpha value is -3.57. The third-order valence-corrected chi connectivity index (χ3v) is 5.99. The highest BCUT2D eigenvalue weighted by Crippen LogP contribution is 2.42. The van der Waals surface area contributed by atoms with Crippen LogP contribution in [0.25, 0.3) is 11.0 Å². The third-order valence-electron chi connectivity index (χ3n) is 5.76. The third kappa shape index (κ3) is 3.68. The summed E-state index contributed by atoms with van der Waals surface area (Å²) < 4.78 is 11.8. The lowest BCUT2D eigenvalue weighted by Gasteiger charge is -2.25. The predicted molar refractivity (Wildman–Crippen MR) is 130 cm³/mol. The molecule has 166 valence electrons. The summed E-state index contributed by atoms with van der Waals surface area (Å²) in [5, 5.41) is 0.952. The number of ether oxygens (including phenoxy) is 1. The first kappa shape index (κ1) is 21.3. The lowest BCUT2D eigenvalue weighted by atomic mass is 9.97. The van der Waals surface area contributed by atoms with Gasteiger partial charge in [-0.3, -0.25) is 14.5 Å². The molecule has 1 aliphatic rings. The monoisotopic (exact) mass is 459 g/mol. The molecule has 1 aliphatic heterocycles. The van der Waals surface area contributed by atoms with Crippen LogP contribution in [0.15, 0.2) is 75.9 Å². The minimum Gasteiger partial charge on any atom is -0.494 e. The van der Waals surface area contributed by atoms with E-state index >= 15 is 0 Å². The van der Waals surface area contributed by atoms with Crippen LogP contribution in [0.1, 0.15) is 46.6 Å². The molecule has 6 heteroatoms. The number of rotatable bonds is 5. The molecule has 0 aliphatic carbocycles. The number of amides is 1. The standard InChI is InChI=1S/C27H22ClNO4/c1-3-12-32-20-9-4-6-17(14-20)24-23-25(30)21-13-16(2)10-11-22(21)33-26(23)27(31)29(24)19-8-5-7-18(28)15-19/h4-11,13-15,24H,3,12H2,1-2H3. The molecule has 5 rings (SSSR count). The summed E-state index contributed by atoms with van der Waals surface area (Å²) in [6.45, 7) is 4.53. The van der Waals surface area contributed by atoms with Crippen molar-refractivity contribution in [1.82, 2.24) is 0 Å². The van der Waals surface area contributed by atoms with E-state index in [4.69, 9.17) is 20.8 Å². The molecule has 5 nitrogen and oxygen atoms in total. The molecule has 1 aromatic heterocycles. The van der Waals surface area contributed by atoms with E-state index in [0.29, 0.717) is 39.6 Å². The normalized spacial score (nSPS) is 15.2. The van der Waals surface area contributed by atoms with Crippen molar-refractivity contribution >= 4 is 34.2 Å².